The fourth-order valence-corrected chi connectivity index (χ4v) is 1.16. The molecule has 0 bridgehead atoms. The van der Waals surface area contributed by atoms with Crippen LogP contribution in [0.5, 0.6) is 0 Å². The van der Waals surface area contributed by atoms with Crippen LogP contribution < -0.4 is 5.73 Å². The Morgan fingerprint density at radius 2 is 2.36 bits per heavy atom. The zero-order chi connectivity index (χ0) is 10.6. The van der Waals surface area contributed by atoms with Crippen molar-refractivity contribution < 1.29 is 9.53 Å². The summed E-state index contributed by atoms with van der Waals surface area (Å²) in [5, 5.41) is 0. The highest BCUT2D eigenvalue weighted by Crippen LogP contribution is 2.04. The summed E-state index contributed by atoms with van der Waals surface area (Å²) in [5.74, 6) is -0.136. The molecule has 0 aliphatic carbocycles. The number of pyridine rings is 1. The molecule has 4 heteroatoms. The van der Waals surface area contributed by atoms with Gasteiger partial charge in [0.15, 0.2) is 5.78 Å². The molecule has 4 nitrogen and oxygen atoms in total. The Labute approximate surface area is 83.1 Å². The number of Topliss-reactive ketones (excluding diaryl/α,β-unsaturated/α-hetero) is 1. The average Bonchev–Trinajstić information content (AvgIpc) is 2.17. The summed E-state index contributed by atoms with van der Waals surface area (Å²) in [6.45, 7) is 2.11. The van der Waals surface area contributed by atoms with E-state index < -0.39 is 6.04 Å². The molecule has 76 valence electrons. The highest BCUT2D eigenvalue weighted by atomic mass is 16.5. The molecule has 2 N–H and O–H groups in total. The number of aryl methyl sites for hydroxylation is 1. The van der Waals surface area contributed by atoms with Gasteiger partial charge in [0.05, 0.1) is 12.6 Å². The van der Waals surface area contributed by atoms with E-state index in [0.717, 1.165) is 5.56 Å². The lowest BCUT2D eigenvalue weighted by molar-refractivity contribution is 0.0892. The van der Waals surface area contributed by atoms with Crippen LogP contribution in [-0.4, -0.2) is 30.5 Å². The molecular formula is C10H14N2O2. The highest BCUT2D eigenvalue weighted by Gasteiger charge is 2.15. The first-order chi connectivity index (χ1) is 6.65. The van der Waals surface area contributed by atoms with Crippen LogP contribution >= 0.6 is 0 Å². The maximum absolute atomic E-state index is 11.6. The van der Waals surface area contributed by atoms with Crippen molar-refractivity contribution in [3.8, 4) is 0 Å². The van der Waals surface area contributed by atoms with Gasteiger partial charge in [0.1, 0.15) is 0 Å². The Bertz CT molecular complexity index is 326. The van der Waals surface area contributed by atoms with Crippen molar-refractivity contribution in [2.75, 3.05) is 13.7 Å². The number of carbonyl (C=O) groups is 1. The Kier molecular flexibility index (Phi) is 3.73. The molecule has 1 heterocycles. The summed E-state index contributed by atoms with van der Waals surface area (Å²) in [6.07, 6.45) is 3.21. The van der Waals surface area contributed by atoms with Gasteiger partial charge in [-0.05, 0) is 18.6 Å². The number of hydrogen-bond donors (Lipinski definition) is 1. The van der Waals surface area contributed by atoms with Crippen molar-refractivity contribution in [2.24, 2.45) is 5.73 Å². The van der Waals surface area contributed by atoms with Crippen LogP contribution in [0, 0.1) is 6.92 Å². The Morgan fingerprint density at radius 3 is 2.93 bits per heavy atom. The van der Waals surface area contributed by atoms with Crippen LogP contribution in [0.25, 0.3) is 0 Å². The molecule has 0 spiro atoms. The van der Waals surface area contributed by atoms with Crippen LogP contribution in [0.2, 0.25) is 0 Å². The van der Waals surface area contributed by atoms with Gasteiger partial charge in [0.2, 0.25) is 0 Å². The third kappa shape index (κ3) is 2.61. The van der Waals surface area contributed by atoms with Crippen LogP contribution in [-0.2, 0) is 4.74 Å². The molecule has 0 aliphatic rings. The summed E-state index contributed by atoms with van der Waals surface area (Å²) in [4.78, 5) is 15.6. The van der Waals surface area contributed by atoms with Crippen LogP contribution in [0.1, 0.15) is 15.9 Å². The largest absolute Gasteiger partial charge is 0.383 e. The fraction of sp³-hybridized carbons (Fsp3) is 0.400. The van der Waals surface area contributed by atoms with Crippen molar-refractivity contribution in [3.05, 3.63) is 29.6 Å². The maximum Gasteiger partial charge on any atom is 0.183 e. The predicted molar refractivity (Wildman–Crippen MR) is 53.2 cm³/mol. The van der Waals surface area contributed by atoms with E-state index in [0.29, 0.717) is 5.56 Å². The lowest BCUT2D eigenvalue weighted by Crippen LogP contribution is -2.34. The van der Waals surface area contributed by atoms with Crippen LogP contribution in [0.15, 0.2) is 18.5 Å². The summed E-state index contributed by atoms with van der Waals surface area (Å²) < 4.78 is 4.81. The van der Waals surface area contributed by atoms with Gasteiger partial charge in [0, 0.05) is 25.1 Å². The van der Waals surface area contributed by atoms with Crippen LogP contribution in [0.3, 0.4) is 0 Å². The Hall–Kier alpha value is -1.26. The number of nitrogens with zero attached hydrogens (tertiary/aromatic N) is 1. The topological polar surface area (TPSA) is 65.2 Å². The fourth-order valence-electron chi connectivity index (χ4n) is 1.16. The summed E-state index contributed by atoms with van der Waals surface area (Å²) in [7, 11) is 1.52. The number of methoxy groups -OCH3 is 1. The van der Waals surface area contributed by atoms with E-state index in [4.69, 9.17) is 10.5 Å². The number of aromatic nitrogens is 1. The minimum atomic E-state index is -0.608. The molecule has 0 aliphatic heterocycles. The third-order valence-corrected chi connectivity index (χ3v) is 1.84. The van der Waals surface area contributed by atoms with Crippen molar-refractivity contribution >= 4 is 5.78 Å². The van der Waals surface area contributed by atoms with Crippen molar-refractivity contribution in [3.63, 3.8) is 0 Å². The molecule has 0 fully saturated rings. The number of ether oxygens (including phenoxy) is 1. The van der Waals surface area contributed by atoms with E-state index in [1.165, 1.54) is 13.3 Å². The van der Waals surface area contributed by atoms with Gasteiger partial charge in [-0.1, -0.05) is 0 Å². The van der Waals surface area contributed by atoms with Gasteiger partial charge < -0.3 is 10.5 Å². The standard InChI is InChI=1S/C10H14N2O2/c1-7-3-8(5-12-4-7)10(13)9(11)6-14-2/h3-5,9H,6,11H2,1-2H3. The quantitative estimate of drug-likeness (QED) is 0.711. The van der Waals surface area contributed by atoms with Crippen molar-refractivity contribution in [1.29, 1.82) is 0 Å². The summed E-state index contributed by atoms with van der Waals surface area (Å²) in [6, 6.07) is 1.16. The van der Waals surface area contributed by atoms with E-state index >= 15 is 0 Å². The second-order valence-corrected chi connectivity index (χ2v) is 3.18. The van der Waals surface area contributed by atoms with E-state index in [9.17, 15) is 4.79 Å². The SMILES string of the molecule is COCC(N)C(=O)c1cncc(C)c1. The van der Waals surface area contributed by atoms with Gasteiger partial charge in [-0.2, -0.15) is 0 Å². The number of rotatable bonds is 4. The van der Waals surface area contributed by atoms with E-state index in [1.807, 2.05) is 6.92 Å². The summed E-state index contributed by atoms with van der Waals surface area (Å²) in [5.41, 5.74) is 7.09. The highest BCUT2D eigenvalue weighted by molar-refractivity contribution is 5.99. The zero-order valence-corrected chi connectivity index (χ0v) is 8.36. The molecule has 0 saturated heterocycles. The van der Waals surface area contributed by atoms with Crippen molar-refractivity contribution in [1.82, 2.24) is 4.98 Å². The number of nitrogens with two attached hydrogens (primary N) is 1. The summed E-state index contributed by atoms with van der Waals surface area (Å²) >= 11 is 0. The van der Waals surface area contributed by atoms with E-state index in [-0.39, 0.29) is 12.4 Å². The Morgan fingerprint density at radius 1 is 1.64 bits per heavy atom. The molecule has 14 heavy (non-hydrogen) atoms. The van der Waals surface area contributed by atoms with Gasteiger partial charge in [0.25, 0.3) is 0 Å². The molecule has 0 radical (unpaired) electrons. The van der Waals surface area contributed by atoms with Gasteiger partial charge in [-0.3, -0.25) is 9.78 Å². The molecule has 1 atom stereocenters. The normalized spacial score (nSPS) is 12.5. The molecule has 0 amide bonds. The third-order valence-electron chi connectivity index (χ3n) is 1.84. The molecule has 1 aromatic rings. The number of carbonyl (C=O) groups excluding carboxylic acids is 1. The molecule has 1 unspecified atom stereocenters. The van der Waals surface area contributed by atoms with Crippen molar-refractivity contribution in [2.45, 2.75) is 13.0 Å². The van der Waals surface area contributed by atoms with E-state index in [2.05, 4.69) is 4.98 Å². The van der Waals surface area contributed by atoms with E-state index in [1.54, 1.807) is 12.3 Å². The average molecular weight is 194 g/mol. The lowest BCUT2D eigenvalue weighted by Gasteiger charge is -2.08. The maximum atomic E-state index is 11.6. The minimum Gasteiger partial charge on any atom is -0.383 e. The van der Waals surface area contributed by atoms with Crippen LogP contribution in [0.4, 0.5) is 0 Å². The molecule has 0 aromatic carbocycles. The first kappa shape index (κ1) is 10.8. The molecule has 1 aromatic heterocycles. The van der Waals surface area contributed by atoms with Gasteiger partial charge >= 0.3 is 0 Å². The molecule has 0 saturated carbocycles. The molecule has 1 rings (SSSR count). The first-order valence-electron chi connectivity index (χ1n) is 4.35. The number of ketones is 1. The zero-order valence-electron chi connectivity index (χ0n) is 8.36. The smallest absolute Gasteiger partial charge is 0.183 e. The van der Waals surface area contributed by atoms with Gasteiger partial charge in [-0.15, -0.1) is 0 Å². The first-order valence-corrected chi connectivity index (χ1v) is 4.35. The predicted octanol–water partition coefficient (Wildman–Crippen LogP) is 0.546. The monoisotopic (exact) mass is 194 g/mol. The number of hydrogen-bond acceptors (Lipinski definition) is 4. The van der Waals surface area contributed by atoms with Gasteiger partial charge in [-0.25, -0.2) is 0 Å². The lowest BCUT2D eigenvalue weighted by atomic mass is 10.1. The second kappa shape index (κ2) is 4.83. The second-order valence-electron chi connectivity index (χ2n) is 3.18. The minimum absolute atomic E-state index is 0.136. The Balaban J connectivity index is 2.78. The molecular weight excluding hydrogens is 180 g/mol.